The van der Waals surface area contributed by atoms with Gasteiger partial charge >= 0.3 is 0 Å². The fourth-order valence-corrected chi connectivity index (χ4v) is 2.59. The Morgan fingerprint density at radius 3 is 2.32 bits per heavy atom. The molecule has 0 saturated heterocycles. The van der Waals surface area contributed by atoms with Crippen molar-refractivity contribution < 1.29 is 4.79 Å². The highest BCUT2D eigenvalue weighted by molar-refractivity contribution is 6.08. The van der Waals surface area contributed by atoms with E-state index in [1.807, 2.05) is 61.5 Å². The number of carbonyl (C=O) groups excluding carboxylic acids is 1. The van der Waals surface area contributed by atoms with E-state index >= 15 is 0 Å². The number of rotatable bonds is 2. The third-order valence-electron chi connectivity index (χ3n) is 3.37. The maximum Gasteiger partial charge on any atom is 0.251 e. The number of hydrogen-bond donors (Lipinski definition) is 1. The SMILES string of the molecule is Cc1c(C(N)=O)c2ccccc2n1-c1ccccc1. The van der Waals surface area contributed by atoms with Crippen molar-refractivity contribution in [2.75, 3.05) is 0 Å². The lowest BCUT2D eigenvalue weighted by atomic mass is 10.1. The summed E-state index contributed by atoms with van der Waals surface area (Å²) in [5, 5.41) is 0.899. The molecule has 2 N–H and O–H groups in total. The minimum absolute atomic E-state index is 0.386. The first-order chi connectivity index (χ1) is 9.20. The van der Waals surface area contributed by atoms with Crippen LogP contribution >= 0.6 is 0 Å². The van der Waals surface area contributed by atoms with Crippen molar-refractivity contribution in [3.63, 3.8) is 0 Å². The van der Waals surface area contributed by atoms with Gasteiger partial charge in [0, 0.05) is 16.8 Å². The smallest absolute Gasteiger partial charge is 0.251 e. The Balaban J connectivity index is 2.43. The lowest BCUT2D eigenvalue weighted by molar-refractivity contribution is 0.100. The molecule has 0 aliphatic carbocycles. The summed E-state index contributed by atoms with van der Waals surface area (Å²) < 4.78 is 2.06. The lowest BCUT2D eigenvalue weighted by Gasteiger charge is -2.08. The average molecular weight is 250 g/mol. The zero-order valence-electron chi connectivity index (χ0n) is 10.6. The van der Waals surface area contributed by atoms with Crippen molar-refractivity contribution in [3.8, 4) is 5.69 Å². The number of benzene rings is 2. The standard InChI is InChI=1S/C16H14N2O/c1-11-15(16(17)19)13-9-5-6-10-14(13)18(11)12-7-3-2-4-8-12/h2-10H,1H3,(H2,17,19). The van der Waals surface area contributed by atoms with Gasteiger partial charge in [-0.25, -0.2) is 0 Å². The first-order valence-corrected chi connectivity index (χ1v) is 6.15. The summed E-state index contributed by atoms with van der Waals surface area (Å²) in [4.78, 5) is 11.7. The molecule has 3 rings (SSSR count). The van der Waals surface area contributed by atoms with Crippen LogP contribution in [0.3, 0.4) is 0 Å². The van der Waals surface area contributed by atoms with Gasteiger partial charge in [-0.15, -0.1) is 0 Å². The van der Waals surface area contributed by atoms with Gasteiger partial charge in [-0.1, -0.05) is 36.4 Å². The highest BCUT2D eigenvalue weighted by atomic mass is 16.1. The van der Waals surface area contributed by atoms with Crippen LogP contribution in [0.2, 0.25) is 0 Å². The predicted molar refractivity (Wildman–Crippen MR) is 76.5 cm³/mol. The second-order valence-corrected chi connectivity index (χ2v) is 4.51. The van der Waals surface area contributed by atoms with E-state index in [1.54, 1.807) is 0 Å². The molecular formula is C16H14N2O. The van der Waals surface area contributed by atoms with Crippen molar-refractivity contribution >= 4 is 16.8 Å². The van der Waals surface area contributed by atoms with E-state index in [0.29, 0.717) is 5.56 Å². The van der Waals surface area contributed by atoms with E-state index in [2.05, 4.69) is 4.57 Å². The third-order valence-corrected chi connectivity index (χ3v) is 3.37. The van der Waals surface area contributed by atoms with E-state index in [0.717, 1.165) is 22.3 Å². The second kappa shape index (κ2) is 4.28. The molecule has 0 spiro atoms. The van der Waals surface area contributed by atoms with Crippen LogP contribution in [0.5, 0.6) is 0 Å². The maximum atomic E-state index is 11.7. The van der Waals surface area contributed by atoms with E-state index in [9.17, 15) is 4.79 Å². The van der Waals surface area contributed by atoms with E-state index in [1.165, 1.54) is 0 Å². The molecule has 1 aromatic heterocycles. The van der Waals surface area contributed by atoms with Crippen LogP contribution in [-0.4, -0.2) is 10.5 Å². The number of hydrogen-bond acceptors (Lipinski definition) is 1. The Morgan fingerprint density at radius 2 is 1.63 bits per heavy atom. The molecule has 1 heterocycles. The van der Waals surface area contributed by atoms with Crippen LogP contribution in [0.15, 0.2) is 54.6 Å². The molecular weight excluding hydrogens is 236 g/mol. The van der Waals surface area contributed by atoms with Crippen LogP contribution in [0, 0.1) is 6.92 Å². The third kappa shape index (κ3) is 1.71. The summed E-state index contributed by atoms with van der Waals surface area (Å²) >= 11 is 0. The van der Waals surface area contributed by atoms with Crippen molar-refractivity contribution in [1.29, 1.82) is 0 Å². The monoisotopic (exact) mass is 250 g/mol. The number of primary amides is 1. The Morgan fingerprint density at radius 1 is 1.00 bits per heavy atom. The normalized spacial score (nSPS) is 10.8. The van der Waals surface area contributed by atoms with Crippen molar-refractivity contribution in [1.82, 2.24) is 4.57 Å². The van der Waals surface area contributed by atoms with Gasteiger partial charge in [0.25, 0.3) is 5.91 Å². The molecule has 94 valence electrons. The highest BCUT2D eigenvalue weighted by Crippen LogP contribution is 2.28. The van der Waals surface area contributed by atoms with Gasteiger partial charge in [0.15, 0.2) is 0 Å². The zero-order chi connectivity index (χ0) is 13.4. The summed E-state index contributed by atoms with van der Waals surface area (Å²) in [5.41, 5.74) is 9.02. The number of fused-ring (bicyclic) bond motifs is 1. The first kappa shape index (κ1) is 11.5. The first-order valence-electron chi connectivity index (χ1n) is 6.15. The summed E-state index contributed by atoms with van der Waals surface area (Å²) in [6.07, 6.45) is 0. The topological polar surface area (TPSA) is 48.0 Å². The number of para-hydroxylation sites is 2. The molecule has 0 aliphatic rings. The van der Waals surface area contributed by atoms with Gasteiger partial charge in [-0.2, -0.15) is 0 Å². The van der Waals surface area contributed by atoms with Crippen LogP contribution in [0.4, 0.5) is 0 Å². The summed E-state index contributed by atoms with van der Waals surface area (Å²) in [6.45, 7) is 1.92. The molecule has 19 heavy (non-hydrogen) atoms. The second-order valence-electron chi connectivity index (χ2n) is 4.51. The minimum Gasteiger partial charge on any atom is -0.366 e. The number of aromatic nitrogens is 1. The molecule has 2 aromatic carbocycles. The quantitative estimate of drug-likeness (QED) is 0.746. The number of amides is 1. The fourth-order valence-electron chi connectivity index (χ4n) is 2.59. The minimum atomic E-state index is -0.386. The molecule has 0 fully saturated rings. The molecule has 0 unspecified atom stereocenters. The van der Waals surface area contributed by atoms with Gasteiger partial charge in [0.2, 0.25) is 0 Å². The summed E-state index contributed by atoms with van der Waals surface area (Å²) in [6, 6.07) is 17.8. The van der Waals surface area contributed by atoms with E-state index in [-0.39, 0.29) is 5.91 Å². The van der Waals surface area contributed by atoms with Gasteiger partial charge < -0.3 is 10.3 Å². The molecule has 0 aliphatic heterocycles. The highest BCUT2D eigenvalue weighted by Gasteiger charge is 2.18. The summed E-state index contributed by atoms with van der Waals surface area (Å²) in [7, 11) is 0. The van der Waals surface area contributed by atoms with Crippen molar-refractivity contribution in [2.24, 2.45) is 5.73 Å². The van der Waals surface area contributed by atoms with Crippen LogP contribution in [0.25, 0.3) is 16.6 Å². The number of nitrogens with zero attached hydrogens (tertiary/aromatic N) is 1. The molecule has 1 amide bonds. The maximum absolute atomic E-state index is 11.7. The molecule has 3 nitrogen and oxygen atoms in total. The Labute approximate surface area is 111 Å². The molecule has 0 bridgehead atoms. The van der Waals surface area contributed by atoms with E-state index in [4.69, 9.17) is 5.73 Å². The summed E-state index contributed by atoms with van der Waals surface area (Å²) in [5.74, 6) is -0.386. The predicted octanol–water partition coefficient (Wildman–Crippen LogP) is 3.04. The van der Waals surface area contributed by atoms with Gasteiger partial charge in [-0.3, -0.25) is 4.79 Å². The Kier molecular flexibility index (Phi) is 2.60. The van der Waals surface area contributed by atoms with E-state index < -0.39 is 0 Å². The molecule has 0 saturated carbocycles. The van der Waals surface area contributed by atoms with Crippen LogP contribution in [0.1, 0.15) is 16.1 Å². The zero-order valence-corrected chi connectivity index (χ0v) is 10.6. The number of nitrogens with two attached hydrogens (primary N) is 1. The van der Waals surface area contributed by atoms with Gasteiger partial charge in [0.05, 0.1) is 11.1 Å². The fraction of sp³-hybridized carbons (Fsp3) is 0.0625. The lowest BCUT2D eigenvalue weighted by Crippen LogP contribution is -2.12. The van der Waals surface area contributed by atoms with Gasteiger partial charge in [-0.05, 0) is 25.1 Å². The van der Waals surface area contributed by atoms with Crippen molar-refractivity contribution in [2.45, 2.75) is 6.92 Å². The molecule has 3 heteroatoms. The van der Waals surface area contributed by atoms with Gasteiger partial charge in [0.1, 0.15) is 0 Å². The van der Waals surface area contributed by atoms with Crippen molar-refractivity contribution in [3.05, 3.63) is 65.9 Å². The number of carbonyl (C=O) groups is 1. The molecule has 0 radical (unpaired) electrons. The Hall–Kier alpha value is -2.55. The molecule has 0 atom stereocenters. The van der Waals surface area contributed by atoms with Crippen LogP contribution in [-0.2, 0) is 0 Å². The molecule has 3 aromatic rings. The average Bonchev–Trinajstić information content (AvgIpc) is 2.71. The van der Waals surface area contributed by atoms with Crippen LogP contribution < -0.4 is 5.73 Å². The largest absolute Gasteiger partial charge is 0.366 e. The Bertz CT molecular complexity index is 757.